The molecule has 1 fully saturated rings. The highest BCUT2D eigenvalue weighted by molar-refractivity contribution is 5.79. The number of ether oxygens (including phenoxy) is 2. The summed E-state index contributed by atoms with van der Waals surface area (Å²) in [5, 5.41) is 10.4. The molecule has 0 spiro atoms. The van der Waals surface area contributed by atoms with Crippen molar-refractivity contribution in [3.63, 3.8) is 0 Å². The van der Waals surface area contributed by atoms with Crippen molar-refractivity contribution in [2.45, 2.75) is 91.0 Å². The minimum Gasteiger partial charge on any atom is -0.481 e. The number of benzene rings is 1. The molecule has 1 saturated heterocycles. The first kappa shape index (κ1) is 28.3. The van der Waals surface area contributed by atoms with Gasteiger partial charge in [0.25, 0.3) is 0 Å². The van der Waals surface area contributed by atoms with E-state index in [9.17, 15) is 14.7 Å². The number of fused-ring (bicyclic) bond motifs is 1. The summed E-state index contributed by atoms with van der Waals surface area (Å²) < 4.78 is 11.0. The van der Waals surface area contributed by atoms with E-state index >= 15 is 0 Å². The third-order valence-electron chi connectivity index (χ3n) is 7.64. The second-order valence-corrected chi connectivity index (χ2v) is 10.8. The molecule has 2 aliphatic heterocycles. The first-order valence-corrected chi connectivity index (χ1v) is 14.0. The van der Waals surface area contributed by atoms with Crippen LogP contribution in [0, 0.1) is 11.8 Å². The fraction of sp³-hybridized carbons (Fsp3) is 0.724. The standard InChI is InChI=1S/C29H46N2O5/c1-5-7-15-30(16-8-6-2)27(32)19-31-18-23(22-13-14-25-26(17-22)36-20-35-25)28(29(33)34)24(31)12-10-9-11-21(3)4/h13-14,17,21,23-24,28H,5-12,15-16,18-20H2,1-4H3,(H,33,34)/t23-,24+,28-/m1/s1. The molecule has 7 nitrogen and oxygen atoms in total. The van der Waals surface area contributed by atoms with Gasteiger partial charge >= 0.3 is 5.97 Å². The Bertz CT molecular complexity index is 850. The van der Waals surface area contributed by atoms with Gasteiger partial charge in [-0.05, 0) is 42.9 Å². The maximum Gasteiger partial charge on any atom is 0.308 e. The van der Waals surface area contributed by atoms with E-state index in [0.717, 1.165) is 70.0 Å². The molecule has 3 rings (SSSR count). The van der Waals surface area contributed by atoms with Gasteiger partial charge in [0.2, 0.25) is 12.7 Å². The molecule has 1 aromatic carbocycles. The Labute approximate surface area is 217 Å². The van der Waals surface area contributed by atoms with Crippen LogP contribution in [0.1, 0.15) is 90.5 Å². The summed E-state index contributed by atoms with van der Waals surface area (Å²) in [6.45, 7) is 11.3. The van der Waals surface area contributed by atoms with E-state index in [0.29, 0.717) is 24.0 Å². The summed E-state index contributed by atoms with van der Waals surface area (Å²) in [5.74, 6) is 0.591. The van der Waals surface area contributed by atoms with Crippen LogP contribution in [0.2, 0.25) is 0 Å². The van der Waals surface area contributed by atoms with E-state index in [1.165, 1.54) is 0 Å². The number of nitrogens with zero attached hydrogens (tertiary/aromatic N) is 2. The summed E-state index contributed by atoms with van der Waals surface area (Å²) in [7, 11) is 0. The van der Waals surface area contributed by atoms with Gasteiger partial charge in [0, 0.05) is 31.6 Å². The molecule has 0 aromatic heterocycles. The SMILES string of the molecule is CCCCN(CCCC)C(=O)CN1C[C@H](c2ccc3c(c2)OCO3)[C@@H](C(=O)O)[C@@H]1CCCCC(C)C. The molecule has 0 bridgehead atoms. The molecular weight excluding hydrogens is 456 g/mol. The van der Waals surface area contributed by atoms with Gasteiger partial charge in [0.15, 0.2) is 11.5 Å². The molecule has 36 heavy (non-hydrogen) atoms. The smallest absolute Gasteiger partial charge is 0.308 e. The minimum absolute atomic E-state index is 0.125. The molecule has 1 N–H and O–H groups in total. The molecule has 7 heteroatoms. The number of carboxylic acid groups (broad SMARTS) is 1. The molecule has 0 aliphatic carbocycles. The summed E-state index contributed by atoms with van der Waals surface area (Å²) >= 11 is 0. The van der Waals surface area contributed by atoms with Gasteiger partial charge < -0.3 is 19.5 Å². The van der Waals surface area contributed by atoms with E-state index in [4.69, 9.17) is 9.47 Å². The second kappa shape index (κ2) is 13.9. The molecule has 2 heterocycles. The first-order valence-electron chi connectivity index (χ1n) is 14.0. The Morgan fingerprint density at radius 2 is 1.75 bits per heavy atom. The molecular formula is C29H46N2O5. The van der Waals surface area contributed by atoms with Crippen LogP contribution in [0.5, 0.6) is 11.5 Å². The first-order chi connectivity index (χ1) is 17.3. The van der Waals surface area contributed by atoms with Gasteiger partial charge in [-0.3, -0.25) is 14.5 Å². The summed E-state index contributed by atoms with van der Waals surface area (Å²) in [6.07, 6.45) is 8.06. The molecule has 0 saturated carbocycles. The van der Waals surface area contributed by atoms with Gasteiger partial charge in [-0.1, -0.05) is 65.9 Å². The number of hydrogen-bond acceptors (Lipinski definition) is 5. The molecule has 2 aliphatic rings. The van der Waals surface area contributed by atoms with Crippen LogP contribution in [0.25, 0.3) is 0 Å². The van der Waals surface area contributed by atoms with Crippen molar-refractivity contribution in [3.05, 3.63) is 23.8 Å². The van der Waals surface area contributed by atoms with E-state index in [1.54, 1.807) is 0 Å². The van der Waals surface area contributed by atoms with E-state index < -0.39 is 11.9 Å². The lowest BCUT2D eigenvalue weighted by Gasteiger charge is -2.30. The van der Waals surface area contributed by atoms with Crippen molar-refractivity contribution >= 4 is 11.9 Å². The lowest BCUT2D eigenvalue weighted by Crippen LogP contribution is -2.44. The maximum absolute atomic E-state index is 13.4. The topological polar surface area (TPSA) is 79.3 Å². The number of rotatable bonds is 15. The number of carbonyl (C=O) groups excluding carboxylic acids is 1. The third kappa shape index (κ3) is 7.37. The second-order valence-electron chi connectivity index (χ2n) is 10.8. The number of aliphatic carboxylic acids is 1. The van der Waals surface area contributed by atoms with E-state index in [-0.39, 0.29) is 31.2 Å². The average molecular weight is 503 g/mol. The van der Waals surface area contributed by atoms with Crippen molar-refractivity contribution in [3.8, 4) is 11.5 Å². The van der Waals surface area contributed by atoms with Crippen LogP contribution in [-0.4, -0.2) is 65.8 Å². The van der Waals surface area contributed by atoms with Crippen LogP contribution in [-0.2, 0) is 9.59 Å². The van der Waals surface area contributed by atoms with E-state index in [1.807, 2.05) is 23.1 Å². The predicted octanol–water partition coefficient (Wildman–Crippen LogP) is 5.53. The Morgan fingerprint density at radius 3 is 2.39 bits per heavy atom. The molecule has 0 radical (unpaired) electrons. The lowest BCUT2D eigenvalue weighted by molar-refractivity contribution is -0.144. The molecule has 3 atom stereocenters. The van der Waals surface area contributed by atoms with Crippen LogP contribution < -0.4 is 9.47 Å². The zero-order chi connectivity index (χ0) is 26.1. The maximum atomic E-state index is 13.4. The van der Waals surface area contributed by atoms with Crippen LogP contribution in [0.3, 0.4) is 0 Å². The minimum atomic E-state index is -0.782. The Morgan fingerprint density at radius 1 is 1.06 bits per heavy atom. The highest BCUT2D eigenvalue weighted by atomic mass is 16.7. The van der Waals surface area contributed by atoms with Crippen molar-refractivity contribution in [1.82, 2.24) is 9.80 Å². The average Bonchev–Trinajstić information content (AvgIpc) is 3.45. The summed E-state index contributed by atoms with van der Waals surface area (Å²) in [5.41, 5.74) is 0.947. The Kier molecular flexibility index (Phi) is 10.9. The number of hydrogen-bond donors (Lipinski definition) is 1. The van der Waals surface area contributed by atoms with Gasteiger partial charge in [-0.2, -0.15) is 0 Å². The largest absolute Gasteiger partial charge is 0.481 e. The van der Waals surface area contributed by atoms with Gasteiger partial charge in [0.05, 0.1) is 12.5 Å². The van der Waals surface area contributed by atoms with Crippen molar-refractivity contribution in [1.29, 1.82) is 0 Å². The van der Waals surface area contributed by atoms with E-state index in [2.05, 4.69) is 32.6 Å². The monoisotopic (exact) mass is 502 g/mol. The van der Waals surface area contributed by atoms with Gasteiger partial charge in [0.1, 0.15) is 0 Å². The van der Waals surface area contributed by atoms with Crippen molar-refractivity contribution in [2.24, 2.45) is 11.8 Å². The van der Waals surface area contributed by atoms with Crippen LogP contribution in [0.4, 0.5) is 0 Å². The quantitative estimate of drug-likeness (QED) is 0.318. The van der Waals surface area contributed by atoms with Crippen LogP contribution in [0.15, 0.2) is 18.2 Å². The fourth-order valence-corrected chi connectivity index (χ4v) is 5.57. The highest BCUT2D eigenvalue weighted by Crippen LogP contribution is 2.43. The normalized spacial score (nSPS) is 21.3. The number of unbranched alkanes of at least 4 members (excludes halogenated alkanes) is 3. The summed E-state index contributed by atoms with van der Waals surface area (Å²) in [4.78, 5) is 30.2. The summed E-state index contributed by atoms with van der Waals surface area (Å²) in [6, 6.07) is 5.61. The van der Waals surface area contributed by atoms with Crippen molar-refractivity contribution in [2.75, 3.05) is 33.0 Å². The molecule has 0 unspecified atom stereocenters. The number of carboxylic acids is 1. The fourth-order valence-electron chi connectivity index (χ4n) is 5.57. The Balaban J connectivity index is 1.82. The third-order valence-corrected chi connectivity index (χ3v) is 7.64. The van der Waals surface area contributed by atoms with Gasteiger partial charge in [-0.15, -0.1) is 0 Å². The van der Waals surface area contributed by atoms with Crippen LogP contribution >= 0.6 is 0 Å². The predicted molar refractivity (Wildman–Crippen MR) is 141 cm³/mol. The molecule has 1 amide bonds. The van der Waals surface area contributed by atoms with Gasteiger partial charge in [-0.25, -0.2) is 0 Å². The molecule has 1 aromatic rings. The highest BCUT2D eigenvalue weighted by Gasteiger charge is 2.47. The number of carbonyl (C=O) groups is 2. The van der Waals surface area contributed by atoms with Crippen molar-refractivity contribution < 1.29 is 24.2 Å². The lowest BCUT2D eigenvalue weighted by atomic mass is 9.83. The number of amides is 1. The molecule has 202 valence electrons. The zero-order valence-electron chi connectivity index (χ0n) is 22.7. The zero-order valence-corrected chi connectivity index (χ0v) is 22.7. The Hall–Kier alpha value is -2.28. The number of likely N-dealkylation sites (tertiary alicyclic amines) is 1.